The van der Waals surface area contributed by atoms with E-state index in [1.54, 1.807) is 6.07 Å². The molecule has 0 spiro atoms. The molecular weight excluding hydrogens is 267 g/mol. The van der Waals surface area contributed by atoms with Crippen molar-refractivity contribution in [2.24, 2.45) is 0 Å². The zero-order valence-corrected chi connectivity index (χ0v) is 13.8. The van der Waals surface area contributed by atoms with Crippen LogP contribution in [0.3, 0.4) is 0 Å². The lowest BCUT2D eigenvalue weighted by molar-refractivity contribution is 0.280. The molecule has 0 aliphatic carbocycles. The first-order valence-electron chi connectivity index (χ1n) is 7.93. The largest absolute Gasteiger partial charge is 0.494 e. The lowest BCUT2D eigenvalue weighted by atomic mass is 10.0. The predicted molar refractivity (Wildman–Crippen MR) is 86.5 cm³/mol. The molecule has 21 heavy (non-hydrogen) atoms. The molecule has 0 radical (unpaired) electrons. The molecule has 1 atom stereocenters. The third kappa shape index (κ3) is 5.64. The van der Waals surface area contributed by atoms with E-state index in [9.17, 15) is 4.39 Å². The summed E-state index contributed by atoms with van der Waals surface area (Å²) in [5, 5.41) is 3.47. The Kier molecular flexibility index (Phi) is 8.31. The number of halogens is 1. The second-order valence-electron chi connectivity index (χ2n) is 5.21. The zero-order chi connectivity index (χ0) is 15.7. The van der Waals surface area contributed by atoms with Gasteiger partial charge in [-0.3, -0.25) is 0 Å². The second kappa shape index (κ2) is 9.74. The number of hydrogen-bond donors (Lipinski definition) is 1. The normalized spacial score (nSPS) is 12.7. The first-order chi connectivity index (χ1) is 10.2. The van der Waals surface area contributed by atoms with Crippen molar-refractivity contribution in [3.8, 4) is 5.75 Å². The molecule has 0 amide bonds. The van der Waals surface area contributed by atoms with Crippen molar-refractivity contribution in [3.63, 3.8) is 0 Å². The molecule has 120 valence electrons. The van der Waals surface area contributed by atoms with Crippen LogP contribution in [0, 0.1) is 5.82 Å². The summed E-state index contributed by atoms with van der Waals surface area (Å²) < 4.78 is 19.3. The van der Waals surface area contributed by atoms with Crippen molar-refractivity contribution in [1.29, 1.82) is 0 Å². The van der Waals surface area contributed by atoms with Crippen LogP contribution in [0.1, 0.15) is 32.8 Å². The van der Waals surface area contributed by atoms with Gasteiger partial charge >= 0.3 is 0 Å². The van der Waals surface area contributed by atoms with E-state index in [0.29, 0.717) is 12.2 Å². The third-order valence-electron chi connectivity index (χ3n) is 3.91. The van der Waals surface area contributed by atoms with Crippen LogP contribution < -0.4 is 10.1 Å². The van der Waals surface area contributed by atoms with Gasteiger partial charge in [0.1, 0.15) is 0 Å². The van der Waals surface area contributed by atoms with Crippen LogP contribution in [-0.2, 0) is 6.42 Å². The highest BCUT2D eigenvalue weighted by Crippen LogP contribution is 2.21. The van der Waals surface area contributed by atoms with E-state index in [0.717, 1.165) is 38.2 Å². The summed E-state index contributed by atoms with van der Waals surface area (Å²) >= 11 is 0. The molecule has 0 aliphatic rings. The molecule has 1 unspecified atom stereocenters. The van der Waals surface area contributed by atoms with Crippen LogP contribution in [0.25, 0.3) is 0 Å². The van der Waals surface area contributed by atoms with Crippen molar-refractivity contribution in [3.05, 3.63) is 29.6 Å². The van der Waals surface area contributed by atoms with Gasteiger partial charge in [0.2, 0.25) is 0 Å². The molecule has 0 aliphatic heterocycles. The number of hydrogen-bond acceptors (Lipinski definition) is 3. The standard InChI is InChI=1S/C17H29FN2O/c1-5-19-15(11-12-20(6-2)7-3)13-14-9-8-10-16(21-4)17(14)18/h8-10,15,19H,5-7,11-13H2,1-4H3. The van der Waals surface area contributed by atoms with E-state index in [1.165, 1.54) is 7.11 Å². The summed E-state index contributed by atoms with van der Waals surface area (Å²) in [6.45, 7) is 10.5. The molecule has 4 heteroatoms. The predicted octanol–water partition coefficient (Wildman–Crippen LogP) is 3.09. The number of nitrogens with zero attached hydrogens (tertiary/aromatic N) is 1. The molecule has 1 rings (SSSR count). The Morgan fingerprint density at radius 2 is 1.95 bits per heavy atom. The van der Waals surface area contributed by atoms with Crippen molar-refractivity contribution in [1.82, 2.24) is 10.2 Å². The molecular formula is C17H29FN2O. The van der Waals surface area contributed by atoms with Crippen LogP contribution in [0.5, 0.6) is 5.75 Å². The molecule has 1 aromatic carbocycles. The molecule has 1 N–H and O–H groups in total. The average molecular weight is 296 g/mol. The summed E-state index contributed by atoms with van der Waals surface area (Å²) in [5.41, 5.74) is 0.722. The Morgan fingerprint density at radius 1 is 1.24 bits per heavy atom. The molecule has 0 saturated carbocycles. The highest BCUT2D eigenvalue weighted by atomic mass is 19.1. The fourth-order valence-corrected chi connectivity index (χ4v) is 2.58. The lowest BCUT2D eigenvalue weighted by Crippen LogP contribution is -2.36. The fourth-order valence-electron chi connectivity index (χ4n) is 2.58. The molecule has 0 heterocycles. The van der Waals surface area contributed by atoms with Gasteiger partial charge in [-0.25, -0.2) is 4.39 Å². The second-order valence-corrected chi connectivity index (χ2v) is 5.21. The Balaban J connectivity index is 2.69. The van der Waals surface area contributed by atoms with Crippen molar-refractivity contribution in [2.45, 2.75) is 39.7 Å². The fraction of sp³-hybridized carbons (Fsp3) is 0.647. The van der Waals surface area contributed by atoms with E-state index in [1.807, 2.05) is 12.1 Å². The summed E-state index contributed by atoms with van der Waals surface area (Å²) in [6.07, 6.45) is 1.71. The van der Waals surface area contributed by atoms with Crippen LogP contribution >= 0.6 is 0 Å². The minimum Gasteiger partial charge on any atom is -0.494 e. The smallest absolute Gasteiger partial charge is 0.168 e. The third-order valence-corrected chi connectivity index (χ3v) is 3.91. The van der Waals surface area contributed by atoms with Gasteiger partial charge in [0.25, 0.3) is 0 Å². The monoisotopic (exact) mass is 296 g/mol. The number of rotatable bonds is 10. The van der Waals surface area contributed by atoms with E-state index >= 15 is 0 Å². The number of nitrogens with one attached hydrogen (secondary N) is 1. The first-order valence-corrected chi connectivity index (χ1v) is 7.93. The molecule has 0 bridgehead atoms. The average Bonchev–Trinajstić information content (AvgIpc) is 2.50. The maximum atomic E-state index is 14.2. The quantitative estimate of drug-likeness (QED) is 0.718. The highest BCUT2D eigenvalue weighted by molar-refractivity contribution is 5.31. The summed E-state index contributed by atoms with van der Waals surface area (Å²) in [5.74, 6) is 0.0947. The van der Waals surface area contributed by atoms with Gasteiger partial charge in [-0.05, 0) is 50.7 Å². The minimum absolute atomic E-state index is 0.231. The number of likely N-dealkylation sites (N-methyl/N-ethyl adjacent to an activating group) is 1. The van der Waals surface area contributed by atoms with Crippen LogP contribution in [0.4, 0.5) is 4.39 Å². The molecule has 0 saturated heterocycles. The Hall–Kier alpha value is -1.13. The van der Waals surface area contributed by atoms with E-state index in [-0.39, 0.29) is 11.9 Å². The van der Waals surface area contributed by atoms with Crippen LogP contribution in [0.15, 0.2) is 18.2 Å². The molecule has 1 aromatic rings. The van der Waals surface area contributed by atoms with Crippen molar-refractivity contribution < 1.29 is 9.13 Å². The number of benzene rings is 1. The Labute approximate surface area is 128 Å². The SMILES string of the molecule is CCNC(CCN(CC)CC)Cc1cccc(OC)c1F. The maximum absolute atomic E-state index is 14.2. The van der Waals surface area contributed by atoms with E-state index in [4.69, 9.17) is 4.74 Å². The summed E-state index contributed by atoms with van der Waals surface area (Å²) in [6, 6.07) is 5.65. The molecule has 0 fully saturated rings. The highest BCUT2D eigenvalue weighted by Gasteiger charge is 2.15. The summed E-state index contributed by atoms with van der Waals surface area (Å²) in [7, 11) is 1.50. The summed E-state index contributed by atoms with van der Waals surface area (Å²) in [4.78, 5) is 2.40. The van der Waals surface area contributed by atoms with Gasteiger partial charge in [0.05, 0.1) is 7.11 Å². The van der Waals surface area contributed by atoms with Gasteiger partial charge < -0.3 is 15.0 Å². The number of ether oxygens (including phenoxy) is 1. The first kappa shape index (κ1) is 17.9. The molecule has 0 aromatic heterocycles. The minimum atomic E-state index is -0.231. The zero-order valence-electron chi connectivity index (χ0n) is 13.8. The van der Waals surface area contributed by atoms with Crippen molar-refractivity contribution >= 4 is 0 Å². The Bertz CT molecular complexity index is 408. The topological polar surface area (TPSA) is 24.5 Å². The van der Waals surface area contributed by atoms with Gasteiger partial charge in [-0.1, -0.05) is 32.9 Å². The molecule has 3 nitrogen and oxygen atoms in total. The van der Waals surface area contributed by atoms with Crippen molar-refractivity contribution in [2.75, 3.05) is 33.3 Å². The Morgan fingerprint density at radius 3 is 2.52 bits per heavy atom. The van der Waals surface area contributed by atoms with Gasteiger partial charge in [-0.15, -0.1) is 0 Å². The van der Waals surface area contributed by atoms with Gasteiger partial charge in [0, 0.05) is 6.04 Å². The van der Waals surface area contributed by atoms with Gasteiger partial charge in [0.15, 0.2) is 11.6 Å². The lowest BCUT2D eigenvalue weighted by Gasteiger charge is -2.23. The van der Waals surface area contributed by atoms with Crippen LogP contribution in [0.2, 0.25) is 0 Å². The number of methoxy groups -OCH3 is 1. The van der Waals surface area contributed by atoms with Crippen LogP contribution in [-0.4, -0.2) is 44.2 Å². The van der Waals surface area contributed by atoms with E-state index < -0.39 is 0 Å². The van der Waals surface area contributed by atoms with E-state index in [2.05, 4.69) is 31.0 Å². The maximum Gasteiger partial charge on any atom is 0.168 e. The van der Waals surface area contributed by atoms with Gasteiger partial charge in [-0.2, -0.15) is 0 Å².